The van der Waals surface area contributed by atoms with Gasteiger partial charge in [0.25, 0.3) is 0 Å². The highest BCUT2D eigenvalue weighted by Crippen LogP contribution is 2.28. The number of aromatic nitrogens is 1. The molecule has 0 aliphatic carbocycles. The molecule has 8 heteroatoms. The van der Waals surface area contributed by atoms with E-state index in [2.05, 4.69) is 20.8 Å². The van der Waals surface area contributed by atoms with Crippen molar-refractivity contribution in [3.63, 3.8) is 0 Å². The van der Waals surface area contributed by atoms with E-state index in [1.165, 1.54) is 11.3 Å². The quantitative estimate of drug-likeness (QED) is 0.373. The molecule has 116 valence electrons. The zero-order valence-electron chi connectivity index (χ0n) is 11.7. The molecule has 2 aromatic carbocycles. The molecule has 0 aliphatic heterocycles. The van der Waals surface area contributed by atoms with E-state index < -0.39 is 0 Å². The molecule has 0 unspecified atom stereocenters. The predicted octanol–water partition coefficient (Wildman–Crippen LogP) is 3.98. The molecule has 5 nitrogen and oxygen atoms in total. The van der Waals surface area contributed by atoms with Crippen molar-refractivity contribution in [2.45, 2.75) is 0 Å². The van der Waals surface area contributed by atoms with Crippen LogP contribution in [0.2, 0.25) is 5.02 Å². The number of thiazole rings is 1. The smallest absolute Gasteiger partial charge is 0.193 e. The molecule has 0 bridgehead atoms. The van der Waals surface area contributed by atoms with Crippen LogP contribution in [0.5, 0.6) is 5.75 Å². The van der Waals surface area contributed by atoms with Gasteiger partial charge in [-0.15, -0.1) is 0 Å². The van der Waals surface area contributed by atoms with Gasteiger partial charge in [-0.1, -0.05) is 22.9 Å². The first kappa shape index (κ1) is 15.7. The highest BCUT2D eigenvalue weighted by molar-refractivity contribution is 7.80. The predicted molar refractivity (Wildman–Crippen MR) is 99.7 cm³/mol. The molecule has 1 aromatic heterocycles. The zero-order valence-corrected chi connectivity index (χ0v) is 14.0. The van der Waals surface area contributed by atoms with E-state index in [9.17, 15) is 5.11 Å². The SMILES string of the molecule is Oc1ccc(/C=N/NC(=S)Nc2nc3ccc(Cl)cc3s2)cc1. The van der Waals surface area contributed by atoms with E-state index in [-0.39, 0.29) is 5.75 Å². The van der Waals surface area contributed by atoms with E-state index >= 15 is 0 Å². The average molecular weight is 363 g/mol. The summed E-state index contributed by atoms with van der Waals surface area (Å²) in [5.41, 5.74) is 4.42. The molecule has 0 amide bonds. The minimum atomic E-state index is 0.211. The van der Waals surface area contributed by atoms with Crippen LogP contribution in [0.15, 0.2) is 47.6 Å². The van der Waals surface area contributed by atoms with Gasteiger partial charge in [-0.05, 0) is 60.2 Å². The lowest BCUT2D eigenvalue weighted by molar-refractivity contribution is 0.475. The zero-order chi connectivity index (χ0) is 16.2. The molecule has 0 aliphatic rings. The number of hydrazone groups is 1. The third-order valence-corrected chi connectivity index (χ3v) is 4.21. The molecular formula is C15H11ClN4OS2. The van der Waals surface area contributed by atoms with Crippen molar-refractivity contribution in [2.24, 2.45) is 5.10 Å². The first-order chi connectivity index (χ1) is 11.1. The Morgan fingerprint density at radius 1 is 1.26 bits per heavy atom. The Hall–Kier alpha value is -2.22. The third kappa shape index (κ3) is 4.16. The fourth-order valence-corrected chi connectivity index (χ4v) is 3.16. The van der Waals surface area contributed by atoms with Gasteiger partial charge in [0.15, 0.2) is 10.2 Å². The molecule has 3 rings (SSSR count). The van der Waals surface area contributed by atoms with Gasteiger partial charge in [0.05, 0.1) is 16.4 Å². The Bertz CT molecular complexity index is 877. The number of anilines is 1. The fourth-order valence-electron chi connectivity index (χ4n) is 1.80. The molecule has 0 spiro atoms. The van der Waals surface area contributed by atoms with Gasteiger partial charge in [-0.2, -0.15) is 5.10 Å². The molecule has 3 N–H and O–H groups in total. The molecule has 0 atom stereocenters. The maximum Gasteiger partial charge on any atom is 0.193 e. The summed E-state index contributed by atoms with van der Waals surface area (Å²) < 4.78 is 0.982. The van der Waals surface area contributed by atoms with E-state index in [0.29, 0.717) is 15.3 Å². The number of phenolic OH excluding ortho intramolecular Hbond substituents is 1. The van der Waals surface area contributed by atoms with Crippen LogP contribution in [0.3, 0.4) is 0 Å². The van der Waals surface area contributed by atoms with Crippen LogP contribution in [0.1, 0.15) is 5.56 Å². The maximum atomic E-state index is 9.21. The summed E-state index contributed by atoms with van der Waals surface area (Å²) >= 11 is 12.6. The van der Waals surface area contributed by atoms with Crippen LogP contribution >= 0.6 is 35.2 Å². The van der Waals surface area contributed by atoms with Crippen LogP contribution < -0.4 is 10.7 Å². The molecule has 1 heterocycles. The van der Waals surface area contributed by atoms with Crippen LogP contribution in [0.25, 0.3) is 10.2 Å². The Kier molecular flexibility index (Phi) is 4.71. The Balaban J connectivity index is 1.60. The summed E-state index contributed by atoms with van der Waals surface area (Å²) in [6, 6.07) is 12.2. The van der Waals surface area contributed by atoms with Crippen LogP contribution in [0.4, 0.5) is 5.13 Å². The van der Waals surface area contributed by atoms with Crippen molar-refractivity contribution in [3.05, 3.63) is 53.1 Å². The number of aromatic hydroxyl groups is 1. The monoisotopic (exact) mass is 362 g/mol. The van der Waals surface area contributed by atoms with E-state index in [0.717, 1.165) is 15.8 Å². The lowest BCUT2D eigenvalue weighted by Gasteiger charge is -2.02. The summed E-state index contributed by atoms with van der Waals surface area (Å²) in [4.78, 5) is 4.41. The lowest BCUT2D eigenvalue weighted by atomic mass is 10.2. The van der Waals surface area contributed by atoms with Gasteiger partial charge in [-0.25, -0.2) is 4.98 Å². The van der Waals surface area contributed by atoms with Gasteiger partial charge in [0.2, 0.25) is 0 Å². The first-order valence-electron chi connectivity index (χ1n) is 6.55. The summed E-state index contributed by atoms with van der Waals surface area (Å²) in [6.07, 6.45) is 1.60. The average Bonchev–Trinajstić information content (AvgIpc) is 2.90. The van der Waals surface area contributed by atoms with Crippen LogP contribution in [0, 0.1) is 0 Å². The third-order valence-electron chi connectivity index (χ3n) is 2.84. The topological polar surface area (TPSA) is 69.5 Å². The highest BCUT2D eigenvalue weighted by Gasteiger charge is 2.05. The number of benzene rings is 2. The van der Waals surface area contributed by atoms with Gasteiger partial charge >= 0.3 is 0 Å². The summed E-state index contributed by atoms with van der Waals surface area (Å²) in [5.74, 6) is 0.211. The number of nitrogens with one attached hydrogen (secondary N) is 2. The first-order valence-corrected chi connectivity index (χ1v) is 8.15. The summed E-state index contributed by atoms with van der Waals surface area (Å²) in [5, 5.41) is 17.9. The lowest BCUT2D eigenvalue weighted by Crippen LogP contribution is -2.23. The fraction of sp³-hybridized carbons (Fsp3) is 0. The summed E-state index contributed by atoms with van der Waals surface area (Å²) in [7, 11) is 0. The van der Waals surface area contributed by atoms with Crippen molar-refractivity contribution in [2.75, 3.05) is 5.32 Å². The van der Waals surface area contributed by atoms with Crippen LogP contribution in [-0.4, -0.2) is 21.4 Å². The number of rotatable bonds is 3. The van der Waals surface area contributed by atoms with Gasteiger partial charge in [-0.3, -0.25) is 5.43 Å². The molecule has 0 fully saturated rings. The molecular weight excluding hydrogens is 352 g/mol. The second-order valence-electron chi connectivity index (χ2n) is 4.55. The van der Waals surface area contributed by atoms with Gasteiger partial charge < -0.3 is 10.4 Å². The van der Waals surface area contributed by atoms with Crippen molar-refractivity contribution < 1.29 is 5.11 Å². The van der Waals surface area contributed by atoms with Gasteiger partial charge in [0.1, 0.15) is 5.75 Å². The largest absolute Gasteiger partial charge is 0.508 e. The van der Waals surface area contributed by atoms with Gasteiger partial charge in [0, 0.05) is 5.02 Å². The number of hydrogen-bond donors (Lipinski definition) is 3. The van der Waals surface area contributed by atoms with E-state index in [1.807, 2.05) is 12.1 Å². The second kappa shape index (κ2) is 6.91. The maximum absolute atomic E-state index is 9.21. The molecule has 0 radical (unpaired) electrons. The van der Waals surface area contributed by atoms with Crippen LogP contribution in [-0.2, 0) is 0 Å². The number of phenols is 1. The van der Waals surface area contributed by atoms with Crippen molar-refractivity contribution in [1.82, 2.24) is 10.4 Å². The number of thiocarbonyl (C=S) groups is 1. The number of fused-ring (bicyclic) bond motifs is 1. The highest BCUT2D eigenvalue weighted by atomic mass is 35.5. The standard InChI is InChI=1S/C15H11ClN4OS2/c16-10-3-6-12-13(7-10)23-15(18-12)19-14(22)20-17-8-9-1-4-11(21)5-2-9/h1-8,21H,(H2,18,19,20,22)/b17-8+. The second-order valence-corrected chi connectivity index (χ2v) is 6.42. The minimum absolute atomic E-state index is 0.211. The van der Waals surface area contributed by atoms with Crippen molar-refractivity contribution in [3.8, 4) is 5.75 Å². The molecule has 0 saturated carbocycles. The number of hydrogen-bond acceptors (Lipinski definition) is 5. The molecule has 3 aromatic rings. The molecule has 23 heavy (non-hydrogen) atoms. The summed E-state index contributed by atoms with van der Waals surface area (Å²) in [6.45, 7) is 0. The normalized spacial score (nSPS) is 11.0. The Morgan fingerprint density at radius 2 is 2.04 bits per heavy atom. The Labute approximate surface area is 146 Å². The van der Waals surface area contributed by atoms with E-state index in [4.69, 9.17) is 23.8 Å². The minimum Gasteiger partial charge on any atom is -0.508 e. The van der Waals surface area contributed by atoms with E-state index in [1.54, 1.807) is 36.5 Å². The molecule has 0 saturated heterocycles. The number of nitrogens with zero attached hydrogens (tertiary/aromatic N) is 2. The van der Waals surface area contributed by atoms with Crippen molar-refractivity contribution >= 4 is 61.8 Å². The number of halogens is 1. The Morgan fingerprint density at radius 3 is 2.83 bits per heavy atom. The van der Waals surface area contributed by atoms with Crippen molar-refractivity contribution in [1.29, 1.82) is 0 Å².